The third kappa shape index (κ3) is 5.00. The second kappa shape index (κ2) is 6.89. The molecule has 114 valence electrons. The quantitative estimate of drug-likeness (QED) is 0.485. The maximum atomic E-state index is 10.7. The van der Waals surface area contributed by atoms with Gasteiger partial charge in [-0.15, -0.1) is 4.33 Å². The highest BCUT2D eigenvalue weighted by Crippen LogP contribution is 2.22. The topological polar surface area (TPSA) is 68.4 Å². The molecule has 2 rings (SSSR count). The van der Waals surface area contributed by atoms with Crippen LogP contribution in [0.25, 0.3) is 11.3 Å². The molecule has 0 aliphatic carbocycles. The van der Waals surface area contributed by atoms with Crippen LogP contribution in [0.1, 0.15) is 17.7 Å². The molecule has 1 aromatic heterocycles. The first kappa shape index (κ1) is 15.8. The number of H-pyrrole nitrogens is 1. The Kier molecular flexibility index (Phi) is 5.17. The van der Waals surface area contributed by atoms with E-state index >= 15 is 0 Å². The van der Waals surface area contributed by atoms with Crippen LogP contribution in [0.2, 0.25) is 0 Å². The van der Waals surface area contributed by atoms with E-state index in [-0.39, 0.29) is 6.61 Å². The number of hydrogen-bond donors (Lipinski definition) is 1. The first-order chi connectivity index (χ1) is 9.96. The summed E-state index contributed by atoms with van der Waals surface area (Å²) in [7, 11) is -3.54. The largest absolute Gasteiger partial charge is 0.358 e. The summed E-state index contributed by atoms with van der Waals surface area (Å²) in [6.07, 6.45) is 2.43. The van der Waals surface area contributed by atoms with Crippen molar-refractivity contribution < 1.29 is 17.6 Å². The van der Waals surface area contributed by atoms with Gasteiger partial charge in [0.15, 0.2) is 0 Å². The molecule has 0 aliphatic rings. The fraction of sp³-hybridized carbons (Fsp3) is 0.333. The van der Waals surface area contributed by atoms with Gasteiger partial charge in [-0.05, 0) is 37.0 Å². The van der Waals surface area contributed by atoms with Crippen LogP contribution in [-0.2, 0) is 25.8 Å². The van der Waals surface area contributed by atoms with Crippen LogP contribution >= 0.6 is 0 Å². The Labute approximate surface area is 125 Å². The van der Waals surface area contributed by atoms with Crippen molar-refractivity contribution in [3.05, 3.63) is 47.7 Å². The number of rotatable bonds is 7. The Morgan fingerprint density at radius 1 is 1.19 bits per heavy atom. The molecule has 21 heavy (non-hydrogen) atoms. The zero-order chi connectivity index (χ0) is 15.3. The highest BCUT2D eigenvalue weighted by atomic mass is 32.2. The lowest BCUT2D eigenvalue weighted by molar-refractivity contribution is -0.201. The molecule has 0 amide bonds. The summed E-state index contributed by atoms with van der Waals surface area (Å²) >= 11 is 0. The average Bonchev–Trinajstić information content (AvgIpc) is 2.80. The molecule has 5 nitrogen and oxygen atoms in total. The minimum Gasteiger partial charge on any atom is -0.358 e. The number of nitrogens with one attached hydrogen (secondary N) is 1. The third-order valence-corrected chi connectivity index (χ3v) is 3.40. The van der Waals surface area contributed by atoms with Gasteiger partial charge in [-0.3, -0.25) is 0 Å². The summed E-state index contributed by atoms with van der Waals surface area (Å²) in [6, 6.07) is 12.2. The monoisotopic (exact) mass is 309 g/mol. The van der Waals surface area contributed by atoms with E-state index in [1.807, 2.05) is 25.1 Å². The molecule has 1 aromatic carbocycles. The molecule has 1 heterocycles. The Balaban J connectivity index is 1.89. The lowest BCUT2D eigenvalue weighted by Crippen LogP contribution is -2.05. The third-order valence-electron chi connectivity index (χ3n) is 3.05. The van der Waals surface area contributed by atoms with Crippen molar-refractivity contribution in [1.29, 1.82) is 0 Å². The van der Waals surface area contributed by atoms with Gasteiger partial charge in [0.2, 0.25) is 0 Å². The lowest BCUT2D eigenvalue weighted by atomic mass is 10.1. The molecular weight excluding hydrogens is 290 g/mol. The van der Waals surface area contributed by atoms with Gasteiger partial charge in [0.05, 0.1) is 12.9 Å². The number of aromatic nitrogens is 1. The van der Waals surface area contributed by atoms with Crippen LogP contribution in [0.5, 0.6) is 0 Å². The van der Waals surface area contributed by atoms with Crippen LogP contribution in [0, 0.1) is 6.92 Å². The van der Waals surface area contributed by atoms with Crippen molar-refractivity contribution >= 4 is 10.1 Å². The molecule has 0 radical (unpaired) electrons. The second-order valence-electron chi connectivity index (χ2n) is 4.90. The highest BCUT2D eigenvalue weighted by molar-refractivity contribution is 7.85. The van der Waals surface area contributed by atoms with Crippen LogP contribution in [0.4, 0.5) is 0 Å². The molecule has 1 N–H and O–H groups in total. The molecular formula is C15H19NO4S. The fourth-order valence-corrected chi connectivity index (χ4v) is 2.32. The maximum Gasteiger partial charge on any atom is 0.290 e. The molecule has 0 atom stereocenters. The van der Waals surface area contributed by atoms with Gasteiger partial charge in [0.1, 0.15) is 0 Å². The zero-order valence-electron chi connectivity index (χ0n) is 12.1. The van der Waals surface area contributed by atoms with E-state index in [0.717, 1.165) is 29.6 Å². The molecule has 0 bridgehead atoms. The number of benzene rings is 1. The Morgan fingerprint density at radius 3 is 2.57 bits per heavy atom. The van der Waals surface area contributed by atoms with E-state index in [1.165, 1.54) is 5.56 Å². The SMILES string of the molecule is Cc1[nH]c(-c2ccccc2)cc1CCCOOS(C)(=O)=O. The second-order valence-corrected chi connectivity index (χ2v) is 6.44. The summed E-state index contributed by atoms with van der Waals surface area (Å²) in [5, 5.41) is 0. The first-order valence-electron chi connectivity index (χ1n) is 6.71. The van der Waals surface area contributed by atoms with E-state index in [2.05, 4.69) is 32.4 Å². The van der Waals surface area contributed by atoms with Crippen LogP contribution in [0.15, 0.2) is 36.4 Å². The summed E-state index contributed by atoms with van der Waals surface area (Å²) in [4.78, 5) is 8.01. The van der Waals surface area contributed by atoms with Gasteiger partial charge in [-0.1, -0.05) is 30.3 Å². The Morgan fingerprint density at radius 2 is 1.90 bits per heavy atom. The number of hydrogen-bond acceptors (Lipinski definition) is 4. The van der Waals surface area contributed by atoms with Crippen molar-refractivity contribution in [3.8, 4) is 11.3 Å². The van der Waals surface area contributed by atoms with Gasteiger partial charge in [-0.2, -0.15) is 8.42 Å². The molecule has 0 fully saturated rings. The van der Waals surface area contributed by atoms with E-state index in [1.54, 1.807) is 0 Å². The van der Waals surface area contributed by atoms with Crippen molar-refractivity contribution in [3.63, 3.8) is 0 Å². The van der Waals surface area contributed by atoms with E-state index in [9.17, 15) is 8.42 Å². The van der Waals surface area contributed by atoms with Crippen LogP contribution in [0.3, 0.4) is 0 Å². The first-order valence-corrected chi connectivity index (χ1v) is 8.52. The highest BCUT2D eigenvalue weighted by Gasteiger charge is 2.07. The standard InChI is InChI=1S/C15H19NO4S/c1-12-14(9-6-10-19-20-21(2,17)18)11-15(16-12)13-7-4-3-5-8-13/h3-5,7-8,11,16H,6,9-10H2,1-2H3. The molecule has 2 aromatic rings. The molecule has 0 saturated heterocycles. The van der Waals surface area contributed by atoms with E-state index in [4.69, 9.17) is 0 Å². The van der Waals surface area contributed by atoms with Gasteiger partial charge >= 0.3 is 0 Å². The molecule has 0 aliphatic heterocycles. The van der Waals surface area contributed by atoms with Gasteiger partial charge < -0.3 is 4.98 Å². The summed E-state index contributed by atoms with van der Waals surface area (Å²) in [5.74, 6) is 0. The van der Waals surface area contributed by atoms with Gasteiger partial charge in [-0.25, -0.2) is 4.89 Å². The van der Waals surface area contributed by atoms with Crippen molar-refractivity contribution in [2.45, 2.75) is 19.8 Å². The van der Waals surface area contributed by atoms with Crippen LogP contribution < -0.4 is 0 Å². The zero-order valence-corrected chi connectivity index (χ0v) is 12.9. The van der Waals surface area contributed by atoms with Crippen molar-refractivity contribution in [2.75, 3.05) is 12.9 Å². The summed E-state index contributed by atoms with van der Waals surface area (Å²) in [6.45, 7) is 2.26. The Hall–Kier alpha value is -1.63. The number of aromatic amines is 1. The smallest absolute Gasteiger partial charge is 0.290 e. The minimum atomic E-state index is -3.54. The molecule has 0 spiro atoms. The van der Waals surface area contributed by atoms with Crippen LogP contribution in [-0.4, -0.2) is 26.3 Å². The van der Waals surface area contributed by atoms with E-state index in [0.29, 0.717) is 6.42 Å². The van der Waals surface area contributed by atoms with Crippen molar-refractivity contribution in [1.82, 2.24) is 4.98 Å². The maximum absolute atomic E-state index is 10.7. The fourth-order valence-electron chi connectivity index (χ4n) is 2.08. The summed E-state index contributed by atoms with van der Waals surface area (Å²) in [5.41, 5.74) is 4.52. The van der Waals surface area contributed by atoms with Gasteiger partial charge in [0.25, 0.3) is 10.1 Å². The molecule has 0 saturated carbocycles. The van der Waals surface area contributed by atoms with E-state index < -0.39 is 10.1 Å². The normalized spacial score (nSPS) is 11.7. The average molecular weight is 309 g/mol. The minimum absolute atomic E-state index is 0.234. The lowest BCUT2D eigenvalue weighted by Gasteiger charge is -2.01. The predicted molar refractivity (Wildman–Crippen MR) is 81.2 cm³/mol. The molecule has 0 unspecified atom stereocenters. The predicted octanol–water partition coefficient (Wildman–Crippen LogP) is 2.83. The molecule has 6 heteroatoms. The van der Waals surface area contributed by atoms with Gasteiger partial charge in [0, 0.05) is 11.4 Å². The van der Waals surface area contributed by atoms with Crippen molar-refractivity contribution in [2.24, 2.45) is 0 Å². The summed E-state index contributed by atoms with van der Waals surface area (Å²) < 4.78 is 25.7. The number of aryl methyl sites for hydroxylation is 2. The Bertz CT molecular complexity index is 677.